The number of ether oxygens (including phenoxy) is 1. The van der Waals surface area contributed by atoms with Crippen molar-refractivity contribution in [1.82, 2.24) is 5.32 Å². The largest absolute Gasteiger partial charge is 0.373 e. The van der Waals surface area contributed by atoms with Crippen molar-refractivity contribution >= 4 is 0 Å². The van der Waals surface area contributed by atoms with Gasteiger partial charge in [-0.05, 0) is 36.9 Å². The van der Waals surface area contributed by atoms with Gasteiger partial charge < -0.3 is 10.1 Å². The maximum Gasteiger partial charge on any atom is 0.126 e. The van der Waals surface area contributed by atoms with Crippen molar-refractivity contribution in [3.63, 3.8) is 0 Å². The van der Waals surface area contributed by atoms with Crippen molar-refractivity contribution in [2.45, 2.75) is 37.5 Å². The van der Waals surface area contributed by atoms with Crippen LogP contribution in [0.15, 0.2) is 24.3 Å². The lowest BCUT2D eigenvalue weighted by Crippen LogP contribution is -2.43. The lowest BCUT2D eigenvalue weighted by atomic mass is 9.85. The Labute approximate surface area is 108 Å². The van der Waals surface area contributed by atoms with E-state index in [1.165, 1.54) is 11.1 Å². The number of rotatable bonds is 2. The van der Waals surface area contributed by atoms with Crippen LogP contribution in [-0.2, 0) is 11.2 Å². The van der Waals surface area contributed by atoms with Gasteiger partial charge >= 0.3 is 0 Å². The highest BCUT2D eigenvalue weighted by Gasteiger charge is 2.36. The lowest BCUT2D eigenvalue weighted by Gasteiger charge is -2.35. The Morgan fingerprint density at radius 2 is 2.28 bits per heavy atom. The summed E-state index contributed by atoms with van der Waals surface area (Å²) in [4.78, 5) is 0. The van der Waals surface area contributed by atoms with Crippen LogP contribution in [0.25, 0.3) is 0 Å². The summed E-state index contributed by atoms with van der Waals surface area (Å²) in [6.07, 6.45) is 2.94. The zero-order chi connectivity index (χ0) is 12.4. The van der Waals surface area contributed by atoms with Crippen molar-refractivity contribution in [1.29, 1.82) is 0 Å². The molecular weight excluding hydrogens is 229 g/mol. The zero-order valence-corrected chi connectivity index (χ0v) is 10.6. The molecule has 2 nitrogen and oxygen atoms in total. The smallest absolute Gasteiger partial charge is 0.126 e. The standard InChI is InChI=1S/C15H20FNO/c16-15(7-3-8-17-11-15)10-14-13-5-2-1-4-12(13)6-9-18-14/h1-2,4-5,14,17H,3,6-11H2. The summed E-state index contributed by atoms with van der Waals surface area (Å²) in [5.74, 6) is 0. The molecule has 2 atom stereocenters. The minimum absolute atomic E-state index is 0.0696. The fourth-order valence-electron chi connectivity index (χ4n) is 3.08. The number of nitrogens with one attached hydrogen (secondary N) is 1. The van der Waals surface area contributed by atoms with Crippen LogP contribution in [0, 0.1) is 0 Å². The molecule has 0 spiro atoms. The third-order valence-corrected chi connectivity index (χ3v) is 4.06. The van der Waals surface area contributed by atoms with Crippen molar-refractivity contribution in [2.75, 3.05) is 19.7 Å². The van der Waals surface area contributed by atoms with Gasteiger partial charge in [-0.15, -0.1) is 0 Å². The highest BCUT2D eigenvalue weighted by molar-refractivity contribution is 5.31. The maximum atomic E-state index is 14.7. The molecule has 98 valence electrons. The minimum Gasteiger partial charge on any atom is -0.373 e. The van der Waals surface area contributed by atoms with E-state index in [9.17, 15) is 4.39 Å². The van der Waals surface area contributed by atoms with Gasteiger partial charge in [-0.2, -0.15) is 0 Å². The minimum atomic E-state index is -1.10. The van der Waals surface area contributed by atoms with Crippen LogP contribution in [0.2, 0.25) is 0 Å². The quantitative estimate of drug-likeness (QED) is 0.870. The van der Waals surface area contributed by atoms with Crippen molar-refractivity contribution in [2.24, 2.45) is 0 Å². The third kappa shape index (κ3) is 2.43. The molecular formula is C15H20FNO. The van der Waals surface area contributed by atoms with Crippen molar-refractivity contribution in [3.8, 4) is 0 Å². The Hall–Kier alpha value is -0.930. The Morgan fingerprint density at radius 3 is 3.11 bits per heavy atom. The third-order valence-electron chi connectivity index (χ3n) is 4.06. The average molecular weight is 249 g/mol. The Kier molecular flexibility index (Phi) is 3.35. The van der Waals surface area contributed by atoms with E-state index in [1.807, 2.05) is 6.07 Å². The molecule has 1 aromatic rings. The summed E-state index contributed by atoms with van der Waals surface area (Å²) < 4.78 is 20.5. The first-order chi connectivity index (χ1) is 8.77. The van der Waals surface area contributed by atoms with Gasteiger partial charge in [0.05, 0.1) is 12.7 Å². The number of alkyl halides is 1. The molecule has 3 rings (SSSR count). The first-order valence-corrected chi connectivity index (χ1v) is 6.86. The molecule has 0 saturated carbocycles. The highest BCUT2D eigenvalue weighted by atomic mass is 19.1. The molecule has 0 radical (unpaired) electrons. The van der Waals surface area contributed by atoms with Gasteiger partial charge in [-0.25, -0.2) is 4.39 Å². The molecule has 0 bridgehead atoms. The molecule has 2 unspecified atom stereocenters. The van der Waals surface area contributed by atoms with E-state index in [0.29, 0.717) is 26.0 Å². The first kappa shape index (κ1) is 12.1. The summed E-state index contributed by atoms with van der Waals surface area (Å²) in [6, 6.07) is 8.28. The van der Waals surface area contributed by atoms with Crippen molar-refractivity contribution < 1.29 is 9.13 Å². The van der Waals surface area contributed by atoms with E-state index in [2.05, 4.69) is 23.5 Å². The van der Waals surface area contributed by atoms with E-state index in [1.54, 1.807) is 0 Å². The number of fused-ring (bicyclic) bond motifs is 1. The van der Waals surface area contributed by atoms with E-state index in [-0.39, 0.29) is 6.10 Å². The van der Waals surface area contributed by atoms with Gasteiger partial charge in [0.1, 0.15) is 5.67 Å². The van der Waals surface area contributed by atoms with Gasteiger partial charge in [0.25, 0.3) is 0 Å². The number of hydrogen-bond acceptors (Lipinski definition) is 2. The topological polar surface area (TPSA) is 21.3 Å². The second kappa shape index (κ2) is 4.98. The molecule has 18 heavy (non-hydrogen) atoms. The van der Waals surface area contributed by atoms with Gasteiger partial charge in [-0.1, -0.05) is 24.3 Å². The van der Waals surface area contributed by atoms with E-state index < -0.39 is 5.67 Å². The molecule has 1 aromatic carbocycles. The second-order valence-corrected chi connectivity index (χ2v) is 5.44. The molecule has 0 amide bonds. The Balaban J connectivity index is 1.77. The molecule has 2 aliphatic rings. The summed E-state index contributed by atoms with van der Waals surface area (Å²) in [7, 11) is 0. The van der Waals surface area contributed by atoms with E-state index in [0.717, 1.165) is 19.4 Å². The first-order valence-electron chi connectivity index (χ1n) is 6.86. The molecule has 1 N–H and O–H groups in total. The van der Waals surface area contributed by atoms with Crippen LogP contribution in [0.1, 0.15) is 36.5 Å². The molecule has 3 heteroatoms. The van der Waals surface area contributed by atoms with Gasteiger partial charge in [-0.3, -0.25) is 0 Å². The number of benzene rings is 1. The predicted octanol–water partition coefficient (Wildman–Crippen LogP) is 2.78. The van der Waals surface area contributed by atoms with E-state index in [4.69, 9.17) is 4.74 Å². The SMILES string of the molecule is FC1(CC2OCCc3ccccc32)CCCNC1. The molecule has 1 saturated heterocycles. The Bertz CT molecular complexity index is 415. The fourth-order valence-corrected chi connectivity index (χ4v) is 3.08. The molecule has 0 aliphatic carbocycles. The van der Waals surface area contributed by atoms with Crippen LogP contribution in [0.5, 0.6) is 0 Å². The number of hydrogen-bond donors (Lipinski definition) is 1. The predicted molar refractivity (Wildman–Crippen MR) is 69.4 cm³/mol. The molecule has 0 aromatic heterocycles. The highest BCUT2D eigenvalue weighted by Crippen LogP contribution is 2.37. The molecule has 2 aliphatic heterocycles. The number of piperidine rings is 1. The van der Waals surface area contributed by atoms with Crippen LogP contribution >= 0.6 is 0 Å². The van der Waals surface area contributed by atoms with Crippen LogP contribution in [0.4, 0.5) is 4.39 Å². The van der Waals surface area contributed by atoms with Crippen LogP contribution in [0.3, 0.4) is 0 Å². The molecule has 2 heterocycles. The van der Waals surface area contributed by atoms with Gasteiger partial charge in [0, 0.05) is 13.0 Å². The summed E-state index contributed by atoms with van der Waals surface area (Å²) in [5, 5.41) is 3.16. The van der Waals surface area contributed by atoms with Crippen LogP contribution in [-0.4, -0.2) is 25.4 Å². The second-order valence-electron chi connectivity index (χ2n) is 5.44. The summed E-state index contributed by atoms with van der Waals surface area (Å²) in [5.41, 5.74) is 1.40. The Morgan fingerprint density at radius 1 is 1.39 bits per heavy atom. The summed E-state index contributed by atoms with van der Waals surface area (Å²) >= 11 is 0. The fraction of sp³-hybridized carbons (Fsp3) is 0.600. The maximum absolute atomic E-state index is 14.7. The zero-order valence-electron chi connectivity index (χ0n) is 10.6. The van der Waals surface area contributed by atoms with Crippen molar-refractivity contribution in [3.05, 3.63) is 35.4 Å². The molecule has 1 fully saturated rings. The van der Waals surface area contributed by atoms with E-state index >= 15 is 0 Å². The normalized spacial score (nSPS) is 31.9. The monoisotopic (exact) mass is 249 g/mol. The lowest BCUT2D eigenvalue weighted by molar-refractivity contribution is -0.0150. The van der Waals surface area contributed by atoms with Gasteiger partial charge in [0.2, 0.25) is 0 Å². The van der Waals surface area contributed by atoms with Gasteiger partial charge in [0.15, 0.2) is 0 Å². The summed E-state index contributed by atoms with van der Waals surface area (Å²) in [6.45, 7) is 2.12. The average Bonchev–Trinajstić information content (AvgIpc) is 2.40. The number of halogens is 1. The van der Waals surface area contributed by atoms with Crippen LogP contribution < -0.4 is 5.32 Å².